The van der Waals surface area contributed by atoms with Gasteiger partial charge in [0.05, 0.1) is 22.8 Å². The maximum absolute atomic E-state index is 14.0. The molecule has 0 aliphatic heterocycles. The topological polar surface area (TPSA) is 168 Å². The van der Waals surface area contributed by atoms with Crippen molar-refractivity contribution in [2.45, 2.75) is 103 Å². The van der Waals surface area contributed by atoms with Crippen LogP contribution >= 0.6 is 11.6 Å². The van der Waals surface area contributed by atoms with Gasteiger partial charge in [0.25, 0.3) is 0 Å². The third kappa shape index (κ3) is 14.3. The van der Waals surface area contributed by atoms with Crippen molar-refractivity contribution >= 4 is 52.4 Å². The first-order valence-electron chi connectivity index (χ1n) is 17.0. The number of rotatable bonds is 15. The number of likely N-dealkylation sites (N-methyl/N-ethyl adjacent to an activating group) is 1. The van der Waals surface area contributed by atoms with E-state index in [1.807, 2.05) is 0 Å². The summed E-state index contributed by atoms with van der Waals surface area (Å²) in [5, 5.41) is 18.7. The van der Waals surface area contributed by atoms with Crippen LogP contribution in [-0.2, 0) is 25.5 Å². The first-order chi connectivity index (χ1) is 24.7. The average Bonchev–Trinajstić information content (AvgIpc) is 3.04. The van der Waals surface area contributed by atoms with E-state index in [2.05, 4.69) is 20.9 Å². The second kappa shape index (κ2) is 18.8. The molecule has 13 nitrogen and oxygen atoms in total. The predicted octanol–water partition coefficient (Wildman–Crippen LogP) is 7.65. The summed E-state index contributed by atoms with van der Waals surface area (Å²) >= 11 is 6.05. The molecule has 0 saturated heterocycles. The molecule has 0 aliphatic rings. The monoisotopic (exact) mass is 763 g/mol. The molecule has 0 spiro atoms. The number of hydrogen-bond acceptors (Lipinski definition) is 8. The summed E-state index contributed by atoms with van der Waals surface area (Å²) in [4.78, 5) is 56.4. The minimum absolute atomic E-state index is 0.0743. The third-order valence-electron chi connectivity index (χ3n) is 7.74. The summed E-state index contributed by atoms with van der Waals surface area (Å²) in [6.45, 7) is 9.94. The van der Waals surface area contributed by atoms with Crippen molar-refractivity contribution in [2.24, 2.45) is 0 Å². The number of aromatic nitrogens is 1. The molecule has 0 aliphatic carbocycles. The van der Waals surface area contributed by atoms with Gasteiger partial charge in [-0.05, 0) is 95.7 Å². The van der Waals surface area contributed by atoms with Gasteiger partial charge in [-0.15, -0.1) is 0 Å². The van der Waals surface area contributed by atoms with Gasteiger partial charge in [-0.3, -0.25) is 5.32 Å². The van der Waals surface area contributed by atoms with Crippen molar-refractivity contribution in [3.8, 4) is 0 Å². The number of fused-ring (bicyclic) bond motifs is 1. The lowest BCUT2D eigenvalue weighted by molar-refractivity contribution is -0.149. The molecule has 0 fully saturated rings. The van der Waals surface area contributed by atoms with E-state index in [0.29, 0.717) is 35.6 Å². The number of hydrogen-bond donors (Lipinski definition) is 4. The number of unbranched alkanes of at least 4 members (excludes halogenated alkanes) is 1. The minimum atomic E-state index is -1.42. The van der Waals surface area contributed by atoms with Crippen LogP contribution in [0.2, 0.25) is 5.02 Å². The van der Waals surface area contributed by atoms with Crippen LogP contribution in [0, 0.1) is 11.6 Å². The largest absolute Gasteiger partial charge is 0.480 e. The van der Waals surface area contributed by atoms with Crippen molar-refractivity contribution in [3.05, 3.63) is 70.9 Å². The summed E-state index contributed by atoms with van der Waals surface area (Å²) in [7, 11) is 1.50. The van der Waals surface area contributed by atoms with Crippen LogP contribution < -0.4 is 16.0 Å². The van der Waals surface area contributed by atoms with Gasteiger partial charge in [0.15, 0.2) is 6.04 Å². The molecule has 3 atom stereocenters. The van der Waals surface area contributed by atoms with Crippen molar-refractivity contribution in [2.75, 3.05) is 19.0 Å². The van der Waals surface area contributed by atoms with E-state index < -0.39 is 65.2 Å². The van der Waals surface area contributed by atoms with E-state index in [1.54, 1.807) is 53.7 Å². The van der Waals surface area contributed by atoms with Gasteiger partial charge in [0, 0.05) is 25.2 Å². The highest BCUT2D eigenvalue weighted by Gasteiger charge is 2.35. The third-order valence-corrected chi connectivity index (χ3v) is 8.16. The Kier molecular flexibility index (Phi) is 15.2. The Labute approximate surface area is 312 Å². The summed E-state index contributed by atoms with van der Waals surface area (Å²) < 4.78 is 44.5. The number of aliphatic carboxylic acids is 1. The predicted molar refractivity (Wildman–Crippen MR) is 196 cm³/mol. The number of halogens is 3. The molecular formula is C37H48ClF2N5O8. The van der Waals surface area contributed by atoms with Crippen LogP contribution in [0.4, 0.5) is 29.0 Å². The second-order valence-corrected chi connectivity index (χ2v) is 14.8. The summed E-state index contributed by atoms with van der Waals surface area (Å²) in [5.74, 6) is -2.26. The number of nitrogens with zero attached hydrogens (tertiary/aromatic N) is 2. The molecule has 1 aromatic heterocycles. The molecule has 2 aromatic carbocycles. The van der Waals surface area contributed by atoms with Crippen LogP contribution in [-0.4, -0.2) is 82.2 Å². The Bertz CT molecular complexity index is 1750. The smallest absolute Gasteiger partial charge is 0.412 e. The second-order valence-electron chi connectivity index (χ2n) is 14.4. The number of urea groups is 1. The van der Waals surface area contributed by atoms with Crippen molar-refractivity contribution in [3.63, 3.8) is 0 Å². The van der Waals surface area contributed by atoms with E-state index in [-0.39, 0.29) is 30.4 Å². The van der Waals surface area contributed by atoms with E-state index >= 15 is 0 Å². The van der Waals surface area contributed by atoms with Crippen molar-refractivity contribution in [1.29, 1.82) is 0 Å². The molecule has 4 N–H and O–H groups in total. The summed E-state index contributed by atoms with van der Waals surface area (Å²) in [6, 6.07) is 7.24. The van der Waals surface area contributed by atoms with Crippen LogP contribution in [0.3, 0.4) is 0 Å². The van der Waals surface area contributed by atoms with Crippen molar-refractivity contribution in [1.82, 2.24) is 20.5 Å². The fourth-order valence-corrected chi connectivity index (χ4v) is 5.44. The van der Waals surface area contributed by atoms with Crippen LogP contribution in [0.25, 0.3) is 10.8 Å². The molecule has 290 valence electrons. The lowest BCUT2D eigenvalue weighted by Crippen LogP contribution is -2.52. The number of amides is 4. The van der Waals surface area contributed by atoms with Gasteiger partial charge in [-0.1, -0.05) is 36.6 Å². The summed E-state index contributed by atoms with van der Waals surface area (Å²) in [6.07, 6.45) is 0.0886. The van der Waals surface area contributed by atoms with Gasteiger partial charge in [0.2, 0.25) is 0 Å². The van der Waals surface area contributed by atoms with Crippen LogP contribution in [0.5, 0.6) is 0 Å². The lowest BCUT2D eigenvalue weighted by atomic mass is 10.0. The number of pyridine rings is 1. The molecule has 0 saturated carbocycles. The maximum Gasteiger partial charge on any atom is 0.412 e. The van der Waals surface area contributed by atoms with E-state index in [0.717, 1.165) is 0 Å². The van der Waals surface area contributed by atoms with Crippen LogP contribution in [0.15, 0.2) is 48.7 Å². The number of anilines is 1. The minimum Gasteiger partial charge on any atom is -0.480 e. The number of alkyl carbamates (subject to hydrolysis) is 1. The molecule has 1 heterocycles. The van der Waals surface area contributed by atoms with Gasteiger partial charge < -0.3 is 34.9 Å². The quantitative estimate of drug-likeness (QED) is 0.114. The van der Waals surface area contributed by atoms with E-state index in [1.165, 1.54) is 48.5 Å². The molecule has 1 unspecified atom stereocenters. The Hall–Kier alpha value is -4.76. The number of carboxylic acid groups (broad SMARTS) is 1. The zero-order chi connectivity index (χ0) is 39.5. The Morgan fingerprint density at radius 3 is 2.30 bits per heavy atom. The molecule has 4 amide bonds. The molecule has 16 heteroatoms. The molecule has 3 aromatic rings. The van der Waals surface area contributed by atoms with Crippen molar-refractivity contribution < 1.29 is 47.3 Å². The fourth-order valence-electron chi connectivity index (χ4n) is 5.25. The van der Waals surface area contributed by atoms with E-state index in [9.17, 15) is 33.1 Å². The summed E-state index contributed by atoms with van der Waals surface area (Å²) in [5.41, 5.74) is -1.25. The zero-order valence-electron chi connectivity index (χ0n) is 30.9. The lowest BCUT2D eigenvalue weighted by Gasteiger charge is -2.32. The highest BCUT2D eigenvalue weighted by Crippen LogP contribution is 2.23. The highest BCUT2D eigenvalue weighted by atomic mass is 35.5. The Balaban J connectivity index is 1.71. The average molecular weight is 764 g/mol. The Morgan fingerprint density at radius 1 is 0.943 bits per heavy atom. The zero-order valence-corrected chi connectivity index (χ0v) is 31.7. The first-order valence-corrected chi connectivity index (χ1v) is 17.4. The SMILES string of the molecule is CN(C(=O)NCc1cccc(F)c1Cl)[C@@H](CCCCC(OC(C)(C)C)[C@@H](NC(=O)OC(C)(C)C)C(=O)O)COC(=O)Nc1cc2cc(F)ccc2cn1. The van der Waals surface area contributed by atoms with Gasteiger partial charge in [0.1, 0.15) is 29.7 Å². The van der Waals surface area contributed by atoms with Crippen LogP contribution in [0.1, 0.15) is 72.8 Å². The maximum atomic E-state index is 14.0. The first kappa shape index (κ1) is 42.7. The molecule has 0 radical (unpaired) electrons. The number of carboxylic acids is 1. The number of nitrogens with one attached hydrogen (secondary N) is 3. The van der Waals surface area contributed by atoms with Gasteiger partial charge in [-0.2, -0.15) is 0 Å². The normalized spacial score (nSPS) is 13.4. The Morgan fingerprint density at radius 2 is 1.64 bits per heavy atom. The van der Waals surface area contributed by atoms with Gasteiger partial charge >= 0.3 is 24.2 Å². The van der Waals surface area contributed by atoms with E-state index in [4.69, 9.17) is 25.8 Å². The fraction of sp³-hybridized carbons (Fsp3) is 0.486. The molecule has 0 bridgehead atoms. The molecule has 3 rings (SSSR count). The number of carbonyl (C=O) groups is 4. The molecular weight excluding hydrogens is 716 g/mol. The standard InChI is InChI=1S/C37H48ClF2N5O8/c1-36(2,3)52-28(31(32(46)47)44-35(50)53-37(4,5)6)14-9-8-12-26(45(7)33(48)42-20-23-11-10-13-27(40)30(23)38)21-51-34(49)43-29-18-24-17-25(39)16-15-22(24)19-41-29/h10-11,13,15-19,26,28,31H,8-9,12,14,20-21H2,1-7H3,(H,42,48)(H,44,50)(H,46,47)(H,41,43,49)/t26-,28?,31+/m0/s1. The number of benzene rings is 2. The number of ether oxygens (including phenoxy) is 3. The highest BCUT2D eigenvalue weighted by molar-refractivity contribution is 6.31. The molecule has 53 heavy (non-hydrogen) atoms. The van der Waals surface area contributed by atoms with Gasteiger partial charge in [-0.25, -0.2) is 32.9 Å². The number of carbonyl (C=O) groups excluding carboxylic acids is 3.